The molecule has 0 aromatic carbocycles. The van der Waals surface area contributed by atoms with Gasteiger partial charge in [0.1, 0.15) is 5.65 Å². The van der Waals surface area contributed by atoms with Gasteiger partial charge in [-0.3, -0.25) is 0 Å². The summed E-state index contributed by atoms with van der Waals surface area (Å²) in [5.41, 5.74) is 9.15. The molecule has 0 aliphatic carbocycles. The third-order valence-electron chi connectivity index (χ3n) is 3.40. The van der Waals surface area contributed by atoms with Crippen molar-refractivity contribution in [3.8, 4) is 23.1 Å². The highest BCUT2D eigenvalue weighted by Gasteiger charge is 2.11. The average Bonchev–Trinajstić information content (AvgIpc) is 2.96. The number of hydrogen-bond acceptors (Lipinski definition) is 4. The Labute approximate surface area is 129 Å². The van der Waals surface area contributed by atoms with Crippen molar-refractivity contribution in [3.05, 3.63) is 36.3 Å². The summed E-state index contributed by atoms with van der Waals surface area (Å²) in [4.78, 5) is 15.7. The number of aromatic amines is 1. The van der Waals surface area contributed by atoms with Gasteiger partial charge in [0.25, 0.3) is 0 Å². The molecule has 3 rings (SSSR count). The van der Waals surface area contributed by atoms with Gasteiger partial charge in [0.05, 0.1) is 5.69 Å². The van der Waals surface area contributed by atoms with E-state index < -0.39 is 0 Å². The van der Waals surface area contributed by atoms with Crippen LogP contribution in [0.4, 0.5) is 5.95 Å². The molecule has 5 nitrogen and oxygen atoms in total. The topological polar surface area (TPSA) is 80.5 Å². The summed E-state index contributed by atoms with van der Waals surface area (Å²) < 4.78 is 0. The molecule has 0 aliphatic rings. The number of nitrogens with one attached hydrogen (secondary N) is 1. The van der Waals surface area contributed by atoms with E-state index >= 15 is 0 Å². The first kappa shape index (κ1) is 14.1. The summed E-state index contributed by atoms with van der Waals surface area (Å²) >= 11 is 0. The fourth-order valence-corrected chi connectivity index (χ4v) is 2.31. The second-order valence-electron chi connectivity index (χ2n) is 4.99. The summed E-state index contributed by atoms with van der Waals surface area (Å²) in [5, 5.41) is 0.976. The Morgan fingerprint density at radius 3 is 2.91 bits per heavy atom. The highest BCUT2D eigenvalue weighted by Crippen LogP contribution is 2.28. The average molecular weight is 291 g/mol. The predicted octanol–water partition coefficient (Wildman–Crippen LogP) is 3.14. The second-order valence-corrected chi connectivity index (χ2v) is 4.99. The zero-order valence-electron chi connectivity index (χ0n) is 12.4. The molecule has 0 aliphatic heterocycles. The van der Waals surface area contributed by atoms with Gasteiger partial charge in [-0.05, 0) is 18.6 Å². The van der Waals surface area contributed by atoms with Crippen molar-refractivity contribution in [2.24, 2.45) is 0 Å². The van der Waals surface area contributed by atoms with Crippen LogP contribution < -0.4 is 5.73 Å². The molecule has 0 atom stereocenters. The van der Waals surface area contributed by atoms with E-state index in [0.29, 0.717) is 0 Å². The van der Waals surface area contributed by atoms with Gasteiger partial charge in [0.2, 0.25) is 5.95 Å². The van der Waals surface area contributed by atoms with Crippen LogP contribution in [0.1, 0.15) is 31.7 Å². The lowest BCUT2D eigenvalue weighted by Gasteiger charge is -2.01. The van der Waals surface area contributed by atoms with Crippen molar-refractivity contribution >= 4 is 17.0 Å². The number of rotatable bonds is 3. The van der Waals surface area contributed by atoms with Gasteiger partial charge in [-0.15, -0.1) is 0 Å². The van der Waals surface area contributed by atoms with Gasteiger partial charge in [-0.1, -0.05) is 25.2 Å². The van der Waals surface area contributed by atoms with E-state index in [4.69, 9.17) is 5.73 Å². The normalized spacial score (nSPS) is 10.4. The van der Waals surface area contributed by atoms with Gasteiger partial charge in [-0.2, -0.15) is 0 Å². The molecular formula is C17H17N5. The van der Waals surface area contributed by atoms with Gasteiger partial charge < -0.3 is 10.7 Å². The first-order valence-electron chi connectivity index (χ1n) is 7.33. The zero-order chi connectivity index (χ0) is 15.4. The highest BCUT2D eigenvalue weighted by atomic mass is 15.0. The zero-order valence-corrected chi connectivity index (χ0v) is 12.4. The smallest absolute Gasteiger partial charge is 0.220 e. The van der Waals surface area contributed by atoms with Crippen LogP contribution in [0, 0.1) is 11.8 Å². The molecule has 3 N–H and O–H groups in total. The second kappa shape index (κ2) is 6.27. The van der Waals surface area contributed by atoms with Crippen molar-refractivity contribution in [2.75, 3.05) is 5.73 Å². The Balaban J connectivity index is 2.10. The summed E-state index contributed by atoms with van der Waals surface area (Å²) in [7, 11) is 0. The summed E-state index contributed by atoms with van der Waals surface area (Å²) in [6, 6.07) is 3.77. The number of nitrogen functional groups attached to an aromatic ring is 1. The first-order valence-corrected chi connectivity index (χ1v) is 7.33. The maximum Gasteiger partial charge on any atom is 0.220 e. The number of fused-ring (bicyclic) bond motifs is 1. The van der Waals surface area contributed by atoms with Crippen molar-refractivity contribution < 1.29 is 0 Å². The van der Waals surface area contributed by atoms with E-state index in [-0.39, 0.29) is 5.95 Å². The van der Waals surface area contributed by atoms with E-state index in [0.717, 1.165) is 47.1 Å². The molecule has 0 bridgehead atoms. The van der Waals surface area contributed by atoms with Gasteiger partial charge >= 0.3 is 0 Å². The maximum atomic E-state index is 5.68. The molecule has 0 radical (unpaired) electrons. The van der Waals surface area contributed by atoms with E-state index in [1.807, 2.05) is 18.3 Å². The number of hydrogen-bond donors (Lipinski definition) is 2. The number of anilines is 1. The molecule has 0 saturated heterocycles. The third kappa shape index (κ3) is 2.77. The van der Waals surface area contributed by atoms with E-state index in [1.165, 1.54) is 0 Å². The van der Waals surface area contributed by atoms with Crippen LogP contribution in [0.5, 0.6) is 0 Å². The number of H-pyrrole nitrogens is 1. The molecule has 0 saturated carbocycles. The molecule has 3 aromatic rings. The Morgan fingerprint density at radius 1 is 1.23 bits per heavy atom. The number of pyridine rings is 1. The molecule has 0 fully saturated rings. The van der Waals surface area contributed by atoms with Crippen LogP contribution in [0.15, 0.2) is 30.7 Å². The first-order chi connectivity index (χ1) is 10.8. The summed E-state index contributed by atoms with van der Waals surface area (Å²) in [5.74, 6) is 6.73. The number of unbranched alkanes of at least 4 members (excludes halogenated alkanes) is 2. The Kier molecular flexibility index (Phi) is 4.01. The lowest BCUT2D eigenvalue weighted by atomic mass is 10.1. The molecule has 22 heavy (non-hydrogen) atoms. The van der Waals surface area contributed by atoms with Gasteiger partial charge in [0, 0.05) is 41.5 Å². The number of nitrogens with zero attached hydrogens (tertiary/aromatic N) is 3. The van der Waals surface area contributed by atoms with Crippen LogP contribution >= 0.6 is 0 Å². The SMILES string of the molecule is CCCCC#Cc1ccnc2[nH]cc(-c3ccnc(N)n3)c12. The minimum Gasteiger partial charge on any atom is -0.368 e. The minimum absolute atomic E-state index is 0.256. The largest absolute Gasteiger partial charge is 0.368 e. The van der Waals surface area contributed by atoms with Crippen LogP contribution in [-0.4, -0.2) is 19.9 Å². The van der Waals surface area contributed by atoms with E-state index in [1.54, 1.807) is 12.4 Å². The quantitative estimate of drug-likeness (QED) is 0.574. The third-order valence-corrected chi connectivity index (χ3v) is 3.40. The number of nitrogens with two attached hydrogens (primary N) is 1. The molecule has 0 amide bonds. The highest BCUT2D eigenvalue weighted by molar-refractivity contribution is 5.96. The molecular weight excluding hydrogens is 274 g/mol. The fourth-order valence-electron chi connectivity index (χ4n) is 2.31. The van der Waals surface area contributed by atoms with E-state index in [2.05, 4.69) is 38.7 Å². The molecule has 0 unspecified atom stereocenters. The van der Waals surface area contributed by atoms with Gasteiger partial charge in [0.15, 0.2) is 0 Å². The van der Waals surface area contributed by atoms with Crippen molar-refractivity contribution in [2.45, 2.75) is 26.2 Å². The lowest BCUT2D eigenvalue weighted by Crippen LogP contribution is -1.95. The maximum absolute atomic E-state index is 5.68. The molecule has 3 aromatic heterocycles. The van der Waals surface area contributed by atoms with Crippen LogP contribution in [0.25, 0.3) is 22.3 Å². The monoisotopic (exact) mass is 291 g/mol. The van der Waals surface area contributed by atoms with Crippen LogP contribution in [0.2, 0.25) is 0 Å². The Bertz CT molecular complexity index is 854. The van der Waals surface area contributed by atoms with Crippen LogP contribution in [0.3, 0.4) is 0 Å². The van der Waals surface area contributed by atoms with Crippen molar-refractivity contribution in [3.63, 3.8) is 0 Å². The van der Waals surface area contributed by atoms with Crippen LogP contribution in [-0.2, 0) is 0 Å². The van der Waals surface area contributed by atoms with Crippen molar-refractivity contribution in [1.82, 2.24) is 19.9 Å². The molecule has 0 spiro atoms. The van der Waals surface area contributed by atoms with Gasteiger partial charge in [-0.25, -0.2) is 15.0 Å². The Morgan fingerprint density at radius 2 is 2.09 bits per heavy atom. The summed E-state index contributed by atoms with van der Waals surface area (Å²) in [6.45, 7) is 2.16. The predicted molar refractivity (Wildman–Crippen MR) is 87.9 cm³/mol. The summed E-state index contributed by atoms with van der Waals surface area (Å²) in [6.07, 6.45) is 8.47. The van der Waals surface area contributed by atoms with E-state index in [9.17, 15) is 0 Å². The van der Waals surface area contributed by atoms with Crippen molar-refractivity contribution in [1.29, 1.82) is 0 Å². The minimum atomic E-state index is 0.256. The lowest BCUT2D eigenvalue weighted by molar-refractivity contribution is 0.828. The molecule has 3 heterocycles. The molecule has 110 valence electrons. The standard InChI is InChI=1S/C17H17N5/c1-2-3-4-5-6-12-7-9-19-16-15(12)13(11-21-16)14-8-10-20-17(18)22-14/h7-11H,2-4H2,1H3,(H,19,21)(H2,18,20,22). The number of aromatic nitrogens is 4. The molecule has 5 heteroatoms. The Hall–Kier alpha value is -2.87. The fraction of sp³-hybridized carbons (Fsp3) is 0.235.